The molecule has 2 aliphatic carbocycles. The molecule has 0 saturated heterocycles. The first-order chi connectivity index (χ1) is 8.50. The predicted octanol–water partition coefficient (Wildman–Crippen LogP) is 0.856. The molecule has 2 saturated carbocycles. The van der Waals surface area contributed by atoms with Gasteiger partial charge in [0, 0.05) is 19.6 Å². The fraction of sp³-hybridized carbons (Fsp3) is 1.00. The van der Waals surface area contributed by atoms with Crippen LogP contribution in [-0.2, 0) is 10.2 Å². The van der Waals surface area contributed by atoms with Crippen molar-refractivity contribution in [1.82, 2.24) is 9.03 Å². The maximum Gasteiger partial charge on any atom is 0.279 e. The molecule has 0 heterocycles. The van der Waals surface area contributed by atoms with Crippen molar-refractivity contribution in [2.75, 3.05) is 13.6 Å². The van der Waals surface area contributed by atoms with Crippen molar-refractivity contribution in [2.45, 2.75) is 57.1 Å². The van der Waals surface area contributed by atoms with E-state index in [1.807, 2.05) is 0 Å². The van der Waals surface area contributed by atoms with Crippen LogP contribution in [0.2, 0.25) is 0 Å². The molecular formula is C12H24N2O3S. The molecule has 0 amide bonds. The first kappa shape index (κ1) is 14.2. The molecular weight excluding hydrogens is 252 g/mol. The Kier molecular flexibility index (Phi) is 4.64. The Balaban J connectivity index is 1.83. The average molecular weight is 276 g/mol. The van der Waals surface area contributed by atoms with Gasteiger partial charge in [0.25, 0.3) is 10.2 Å². The zero-order valence-electron chi connectivity index (χ0n) is 11.0. The van der Waals surface area contributed by atoms with Crippen molar-refractivity contribution < 1.29 is 13.5 Å². The summed E-state index contributed by atoms with van der Waals surface area (Å²) in [5, 5.41) is 9.70. The van der Waals surface area contributed by atoms with E-state index >= 15 is 0 Å². The van der Waals surface area contributed by atoms with E-state index in [1.54, 1.807) is 7.05 Å². The van der Waals surface area contributed by atoms with Gasteiger partial charge < -0.3 is 5.11 Å². The Morgan fingerprint density at radius 3 is 2.39 bits per heavy atom. The molecule has 2 fully saturated rings. The molecule has 0 aromatic carbocycles. The fourth-order valence-electron chi connectivity index (χ4n) is 2.58. The third kappa shape index (κ3) is 3.66. The summed E-state index contributed by atoms with van der Waals surface area (Å²) in [4.78, 5) is 0. The van der Waals surface area contributed by atoms with Gasteiger partial charge in [-0.2, -0.15) is 17.4 Å². The SMILES string of the molecule is CN(C1CCCCC1)S(=O)(=O)NCC(O)C1CC1. The average Bonchev–Trinajstić information content (AvgIpc) is 3.20. The molecule has 1 atom stereocenters. The summed E-state index contributed by atoms with van der Waals surface area (Å²) in [5.41, 5.74) is 0. The lowest BCUT2D eigenvalue weighted by atomic mass is 9.96. The molecule has 0 spiro atoms. The Bertz CT molecular complexity index is 362. The van der Waals surface area contributed by atoms with Gasteiger partial charge in [-0.15, -0.1) is 0 Å². The molecule has 0 aliphatic heterocycles. The quantitative estimate of drug-likeness (QED) is 0.756. The first-order valence-corrected chi connectivity index (χ1v) is 8.35. The number of hydrogen-bond acceptors (Lipinski definition) is 3. The normalized spacial score (nSPS) is 24.4. The summed E-state index contributed by atoms with van der Waals surface area (Å²) in [6.07, 6.45) is 6.82. The standard InChI is InChI=1S/C12H24N2O3S/c1-14(11-5-3-2-4-6-11)18(16,17)13-9-12(15)10-7-8-10/h10-13,15H,2-9H2,1H3. The summed E-state index contributed by atoms with van der Waals surface area (Å²) in [7, 11) is -1.80. The Hall–Kier alpha value is -0.170. The predicted molar refractivity (Wildman–Crippen MR) is 70.3 cm³/mol. The summed E-state index contributed by atoms with van der Waals surface area (Å²) >= 11 is 0. The summed E-state index contributed by atoms with van der Waals surface area (Å²) in [6, 6.07) is 0.120. The number of hydrogen-bond donors (Lipinski definition) is 2. The van der Waals surface area contributed by atoms with Crippen LogP contribution in [-0.4, -0.2) is 43.6 Å². The van der Waals surface area contributed by atoms with Gasteiger partial charge >= 0.3 is 0 Å². The van der Waals surface area contributed by atoms with Crippen LogP contribution in [0.1, 0.15) is 44.9 Å². The molecule has 0 aromatic rings. The van der Waals surface area contributed by atoms with Crippen LogP contribution in [0.4, 0.5) is 0 Å². The van der Waals surface area contributed by atoms with Gasteiger partial charge in [-0.3, -0.25) is 0 Å². The maximum absolute atomic E-state index is 12.1. The molecule has 2 N–H and O–H groups in total. The van der Waals surface area contributed by atoms with E-state index in [0.717, 1.165) is 38.5 Å². The van der Waals surface area contributed by atoms with Crippen LogP contribution in [0, 0.1) is 5.92 Å². The molecule has 0 bridgehead atoms. The molecule has 106 valence electrons. The zero-order valence-corrected chi connectivity index (χ0v) is 11.8. The van der Waals surface area contributed by atoms with Gasteiger partial charge in [0.15, 0.2) is 0 Å². The summed E-state index contributed by atoms with van der Waals surface area (Å²) < 4.78 is 28.1. The van der Waals surface area contributed by atoms with Gasteiger partial charge in [0.1, 0.15) is 0 Å². The third-order valence-electron chi connectivity index (χ3n) is 4.11. The van der Waals surface area contributed by atoms with Gasteiger partial charge in [-0.1, -0.05) is 19.3 Å². The largest absolute Gasteiger partial charge is 0.391 e. The Morgan fingerprint density at radius 2 is 1.83 bits per heavy atom. The highest BCUT2D eigenvalue weighted by molar-refractivity contribution is 7.87. The number of nitrogens with one attached hydrogen (secondary N) is 1. The number of rotatable bonds is 6. The molecule has 2 aliphatic rings. The molecule has 18 heavy (non-hydrogen) atoms. The highest BCUT2D eigenvalue weighted by Crippen LogP contribution is 2.32. The number of nitrogens with zero attached hydrogens (tertiary/aromatic N) is 1. The zero-order chi connectivity index (χ0) is 13.2. The van der Waals surface area contributed by atoms with Crippen LogP contribution in [0.15, 0.2) is 0 Å². The monoisotopic (exact) mass is 276 g/mol. The molecule has 2 rings (SSSR count). The van der Waals surface area contributed by atoms with E-state index in [2.05, 4.69) is 4.72 Å². The number of aliphatic hydroxyl groups excluding tert-OH is 1. The fourth-order valence-corrected chi connectivity index (χ4v) is 3.77. The summed E-state index contributed by atoms with van der Waals surface area (Å²) in [6.45, 7) is 0.143. The van der Waals surface area contributed by atoms with Crippen molar-refractivity contribution in [3.05, 3.63) is 0 Å². The molecule has 0 aromatic heterocycles. The highest BCUT2D eigenvalue weighted by atomic mass is 32.2. The van der Waals surface area contributed by atoms with Gasteiger partial charge in [-0.05, 0) is 31.6 Å². The van der Waals surface area contributed by atoms with Crippen LogP contribution in [0.5, 0.6) is 0 Å². The van der Waals surface area contributed by atoms with Crippen molar-refractivity contribution in [1.29, 1.82) is 0 Å². The van der Waals surface area contributed by atoms with Crippen LogP contribution in [0.25, 0.3) is 0 Å². The molecule has 6 heteroatoms. The first-order valence-electron chi connectivity index (χ1n) is 6.91. The highest BCUT2D eigenvalue weighted by Gasteiger charge is 2.32. The minimum absolute atomic E-state index is 0.120. The van der Waals surface area contributed by atoms with Crippen molar-refractivity contribution >= 4 is 10.2 Å². The van der Waals surface area contributed by atoms with E-state index in [9.17, 15) is 13.5 Å². The van der Waals surface area contributed by atoms with E-state index in [-0.39, 0.29) is 12.6 Å². The van der Waals surface area contributed by atoms with Crippen LogP contribution < -0.4 is 4.72 Å². The van der Waals surface area contributed by atoms with Crippen molar-refractivity contribution in [3.63, 3.8) is 0 Å². The van der Waals surface area contributed by atoms with E-state index in [4.69, 9.17) is 0 Å². The van der Waals surface area contributed by atoms with Crippen LogP contribution >= 0.6 is 0 Å². The lowest BCUT2D eigenvalue weighted by Crippen LogP contribution is -2.47. The van der Waals surface area contributed by atoms with Gasteiger partial charge in [0.05, 0.1) is 6.10 Å². The second-order valence-electron chi connectivity index (χ2n) is 5.57. The second kappa shape index (κ2) is 5.86. The lowest BCUT2D eigenvalue weighted by molar-refractivity contribution is 0.154. The maximum atomic E-state index is 12.1. The van der Waals surface area contributed by atoms with E-state index < -0.39 is 16.3 Å². The van der Waals surface area contributed by atoms with Crippen molar-refractivity contribution in [3.8, 4) is 0 Å². The van der Waals surface area contributed by atoms with Crippen molar-refractivity contribution in [2.24, 2.45) is 5.92 Å². The van der Waals surface area contributed by atoms with E-state index in [0.29, 0.717) is 5.92 Å². The molecule has 0 radical (unpaired) electrons. The second-order valence-corrected chi connectivity index (χ2v) is 7.38. The molecule has 5 nitrogen and oxygen atoms in total. The minimum Gasteiger partial charge on any atom is -0.391 e. The Morgan fingerprint density at radius 1 is 1.22 bits per heavy atom. The molecule has 1 unspecified atom stereocenters. The van der Waals surface area contributed by atoms with Gasteiger partial charge in [-0.25, -0.2) is 0 Å². The van der Waals surface area contributed by atoms with Crippen LogP contribution in [0.3, 0.4) is 0 Å². The smallest absolute Gasteiger partial charge is 0.279 e. The lowest BCUT2D eigenvalue weighted by Gasteiger charge is -2.30. The summed E-state index contributed by atoms with van der Waals surface area (Å²) in [5.74, 6) is 0.299. The third-order valence-corrected chi connectivity index (χ3v) is 5.70. The van der Waals surface area contributed by atoms with E-state index in [1.165, 1.54) is 10.7 Å². The topological polar surface area (TPSA) is 69.6 Å². The van der Waals surface area contributed by atoms with Gasteiger partial charge in [0.2, 0.25) is 0 Å². The minimum atomic E-state index is -3.44. The Labute approximate surface area is 110 Å². The number of aliphatic hydroxyl groups is 1.